The molecule has 0 amide bonds. The summed E-state index contributed by atoms with van der Waals surface area (Å²) in [4.78, 5) is 15.2. The van der Waals surface area contributed by atoms with Gasteiger partial charge < -0.3 is 34.1 Å². The molecule has 1 aromatic carbocycles. The number of benzene rings is 1. The maximum absolute atomic E-state index is 13.5. The second-order valence-corrected chi connectivity index (χ2v) is 11.7. The number of anilines is 2. The first kappa shape index (κ1) is 31.7. The second-order valence-electron chi connectivity index (χ2n) is 9.69. The predicted octanol–water partition coefficient (Wildman–Crippen LogP) is 2.96. The molecule has 3 N–H and O–H groups in total. The first-order valence-electron chi connectivity index (χ1n) is 13.2. The van der Waals surface area contributed by atoms with Crippen LogP contribution in [0.1, 0.15) is 31.0 Å². The average Bonchev–Trinajstić information content (AvgIpc) is 2.99. The van der Waals surface area contributed by atoms with Gasteiger partial charge in [0.05, 0.1) is 45.2 Å². The largest absolute Gasteiger partial charge is 0.497 e. The molecule has 1 atom stereocenters. The Morgan fingerprint density at radius 2 is 1.93 bits per heavy atom. The molecule has 13 nitrogen and oxygen atoms in total. The van der Waals surface area contributed by atoms with Gasteiger partial charge in [-0.15, -0.1) is 0 Å². The van der Waals surface area contributed by atoms with Crippen LogP contribution in [0.25, 0.3) is 0 Å². The van der Waals surface area contributed by atoms with Gasteiger partial charge in [-0.2, -0.15) is 13.4 Å². The molecule has 4 rings (SSSR count). The van der Waals surface area contributed by atoms with E-state index in [-0.39, 0.29) is 58.1 Å². The van der Waals surface area contributed by atoms with Crippen LogP contribution in [-0.4, -0.2) is 86.3 Å². The molecule has 1 unspecified atom stereocenters. The molecule has 15 heteroatoms. The molecular weight excluding hydrogens is 590 g/mol. The van der Waals surface area contributed by atoms with Gasteiger partial charge in [-0.1, -0.05) is 31.5 Å². The van der Waals surface area contributed by atoms with E-state index in [1.807, 2.05) is 18.7 Å². The Labute approximate surface area is 249 Å². The van der Waals surface area contributed by atoms with Crippen molar-refractivity contribution in [2.75, 3.05) is 56.2 Å². The van der Waals surface area contributed by atoms with Crippen molar-refractivity contribution in [3.8, 4) is 17.2 Å². The third-order valence-electron chi connectivity index (χ3n) is 6.26. The standard InChI is InChI=1S/C27H34ClN5O8S/c1-17(2)18-4-7-24(29-13-18)42(36,37)32-26-25(41-23-12-20(38-3)5-6-21(23)28)22(16-40-15-19(35)14-34)30-27(31-26)33-8-10-39-11-9-33/h4-7,12-13,17,19,34-35H,8-11,14-16H2,1-3H3,(H,30,31,32). The first-order valence-corrected chi connectivity index (χ1v) is 15.1. The van der Waals surface area contributed by atoms with Gasteiger partial charge in [-0.3, -0.25) is 4.72 Å². The highest BCUT2D eigenvalue weighted by Crippen LogP contribution is 2.39. The number of rotatable bonds is 13. The number of sulfonamides is 1. The Morgan fingerprint density at radius 1 is 1.17 bits per heavy atom. The maximum Gasteiger partial charge on any atom is 0.280 e. The minimum Gasteiger partial charge on any atom is -0.497 e. The van der Waals surface area contributed by atoms with Crippen molar-refractivity contribution >= 4 is 33.4 Å². The topological polar surface area (TPSA) is 165 Å². The van der Waals surface area contributed by atoms with E-state index in [4.69, 9.17) is 30.5 Å². The molecule has 0 spiro atoms. The zero-order chi connectivity index (χ0) is 30.3. The summed E-state index contributed by atoms with van der Waals surface area (Å²) in [5, 5.41) is 19.0. The van der Waals surface area contributed by atoms with Crippen molar-refractivity contribution in [3.63, 3.8) is 0 Å². The number of pyridine rings is 1. The number of methoxy groups -OCH3 is 1. The molecule has 42 heavy (non-hydrogen) atoms. The predicted molar refractivity (Wildman–Crippen MR) is 155 cm³/mol. The highest BCUT2D eigenvalue weighted by atomic mass is 35.5. The van der Waals surface area contributed by atoms with Crippen LogP contribution in [0, 0.1) is 0 Å². The van der Waals surface area contributed by atoms with Crippen LogP contribution in [0.3, 0.4) is 0 Å². The molecule has 228 valence electrons. The molecule has 1 fully saturated rings. The van der Waals surface area contributed by atoms with Crippen molar-refractivity contribution in [3.05, 3.63) is 52.8 Å². The van der Waals surface area contributed by atoms with E-state index >= 15 is 0 Å². The lowest BCUT2D eigenvalue weighted by molar-refractivity contribution is -0.00121. The van der Waals surface area contributed by atoms with E-state index in [2.05, 4.69) is 19.7 Å². The van der Waals surface area contributed by atoms with Crippen molar-refractivity contribution in [1.82, 2.24) is 15.0 Å². The van der Waals surface area contributed by atoms with E-state index < -0.39 is 22.7 Å². The molecule has 3 aromatic rings. The Bertz CT molecular complexity index is 1450. The Morgan fingerprint density at radius 3 is 2.57 bits per heavy atom. The van der Waals surface area contributed by atoms with E-state index in [0.717, 1.165) is 5.56 Å². The fraction of sp³-hybridized carbons (Fsp3) is 0.444. The van der Waals surface area contributed by atoms with Crippen LogP contribution in [0.15, 0.2) is 41.6 Å². The van der Waals surface area contributed by atoms with Crippen LogP contribution >= 0.6 is 11.6 Å². The average molecular weight is 624 g/mol. The fourth-order valence-corrected chi connectivity index (χ4v) is 4.97. The molecule has 1 aliphatic rings. The SMILES string of the molecule is COc1ccc(Cl)c(Oc2c(COCC(O)CO)nc(N3CCOCC3)nc2NS(=O)(=O)c2ccc(C(C)C)cn2)c1. The lowest BCUT2D eigenvalue weighted by Gasteiger charge is -2.28. The van der Waals surface area contributed by atoms with Crippen LogP contribution in [0.5, 0.6) is 17.2 Å². The number of hydrogen-bond acceptors (Lipinski definition) is 12. The summed E-state index contributed by atoms with van der Waals surface area (Å²) in [5.41, 5.74) is 1.04. The van der Waals surface area contributed by atoms with Gasteiger partial charge in [0, 0.05) is 25.4 Å². The monoisotopic (exact) mass is 623 g/mol. The zero-order valence-electron chi connectivity index (χ0n) is 23.5. The van der Waals surface area contributed by atoms with Crippen molar-refractivity contribution in [1.29, 1.82) is 0 Å². The van der Waals surface area contributed by atoms with Gasteiger partial charge in [0.15, 0.2) is 16.6 Å². The summed E-state index contributed by atoms with van der Waals surface area (Å²) in [5.74, 6) is 0.713. The third-order valence-corrected chi connectivity index (χ3v) is 7.83. The van der Waals surface area contributed by atoms with Crippen molar-refractivity contribution < 1.29 is 37.6 Å². The summed E-state index contributed by atoms with van der Waals surface area (Å²) in [6.45, 7) is 4.84. The number of nitrogens with zero attached hydrogens (tertiary/aromatic N) is 4. The molecular formula is C27H34ClN5O8S. The summed E-state index contributed by atoms with van der Waals surface area (Å²) in [6.07, 6.45) is 0.387. The highest BCUT2D eigenvalue weighted by Gasteiger charge is 2.27. The first-order chi connectivity index (χ1) is 20.1. The molecule has 0 radical (unpaired) electrons. The van der Waals surface area contributed by atoms with Crippen LogP contribution in [0.2, 0.25) is 5.02 Å². The number of aliphatic hydroxyl groups is 2. The van der Waals surface area contributed by atoms with Crippen LogP contribution < -0.4 is 19.1 Å². The van der Waals surface area contributed by atoms with Crippen molar-refractivity contribution in [2.24, 2.45) is 0 Å². The maximum atomic E-state index is 13.5. The number of morpholine rings is 1. The molecule has 1 aliphatic heterocycles. The number of aliphatic hydroxyl groups excluding tert-OH is 2. The smallest absolute Gasteiger partial charge is 0.280 e. The summed E-state index contributed by atoms with van der Waals surface area (Å²) in [7, 11) is -2.76. The summed E-state index contributed by atoms with van der Waals surface area (Å²) >= 11 is 6.41. The molecule has 0 bridgehead atoms. The molecule has 3 heterocycles. The van der Waals surface area contributed by atoms with Crippen LogP contribution in [0.4, 0.5) is 11.8 Å². The van der Waals surface area contributed by atoms with Crippen molar-refractivity contribution in [2.45, 2.75) is 37.5 Å². The number of nitrogens with one attached hydrogen (secondary N) is 1. The molecule has 2 aromatic heterocycles. The number of ether oxygens (including phenoxy) is 4. The quantitative estimate of drug-likeness (QED) is 0.255. The van der Waals surface area contributed by atoms with E-state index in [9.17, 15) is 18.6 Å². The van der Waals surface area contributed by atoms with E-state index in [1.165, 1.54) is 25.4 Å². The van der Waals surface area contributed by atoms with Crippen LogP contribution in [-0.2, 0) is 26.1 Å². The Hall–Kier alpha value is -3.27. The van der Waals surface area contributed by atoms with E-state index in [1.54, 1.807) is 18.2 Å². The second kappa shape index (κ2) is 14.3. The number of aromatic nitrogens is 3. The van der Waals surface area contributed by atoms with Gasteiger partial charge >= 0.3 is 0 Å². The number of halogens is 1. The fourth-order valence-electron chi connectivity index (χ4n) is 3.88. The highest BCUT2D eigenvalue weighted by molar-refractivity contribution is 7.92. The minimum absolute atomic E-state index is 0.0805. The third kappa shape index (κ3) is 7.96. The zero-order valence-corrected chi connectivity index (χ0v) is 25.1. The molecule has 0 saturated carbocycles. The van der Waals surface area contributed by atoms with Gasteiger partial charge in [-0.05, 0) is 29.7 Å². The number of hydrogen-bond donors (Lipinski definition) is 3. The Balaban J connectivity index is 1.81. The molecule has 1 saturated heterocycles. The summed E-state index contributed by atoms with van der Waals surface area (Å²) < 4.78 is 52.1. The normalized spacial score (nSPS) is 14.6. The lowest BCUT2D eigenvalue weighted by atomic mass is 10.1. The van der Waals surface area contributed by atoms with Gasteiger partial charge in [-0.25, -0.2) is 9.97 Å². The summed E-state index contributed by atoms with van der Waals surface area (Å²) in [6, 6.07) is 7.86. The van der Waals surface area contributed by atoms with Gasteiger partial charge in [0.2, 0.25) is 5.95 Å². The molecule has 0 aliphatic carbocycles. The minimum atomic E-state index is -4.24. The lowest BCUT2D eigenvalue weighted by Crippen LogP contribution is -2.37. The Kier molecular flexibility index (Phi) is 10.8. The van der Waals surface area contributed by atoms with Gasteiger partial charge in [0.25, 0.3) is 10.0 Å². The van der Waals surface area contributed by atoms with E-state index in [0.29, 0.717) is 32.1 Å². The van der Waals surface area contributed by atoms with Gasteiger partial charge in [0.1, 0.15) is 23.3 Å².